The second kappa shape index (κ2) is 8.93. The molecule has 0 saturated carbocycles. The summed E-state index contributed by atoms with van der Waals surface area (Å²) in [5, 5.41) is 3.24. The van der Waals surface area contributed by atoms with Crippen LogP contribution in [0.3, 0.4) is 0 Å². The van der Waals surface area contributed by atoms with Crippen molar-refractivity contribution in [1.82, 2.24) is 5.32 Å². The molecule has 0 aliphatic carbocycles. The third kappa shape index (κ3) is 6.07. The van der Waals surface area contributed by atoms with Gasteiger partial charge in [-0.1, -0.05) is 6.92 Å². The van der Waals surface area contributed by atoms with Crippen LogP contribution in [0.5, 0.6) is 0 Å². The highest BCUT2D eigenvalue weighted by Crippen LogP contribution is 2.23. The van der Waals surface area contributed by atoms with E-state index in [1.54, 1.807) is 13.0 Å². The summed E-state index contributed by atoms with van der Waals surface area (Å²) in [6.45, 7) is 5.73. The molecular weight excluding hydrogens is 265 g/mol. The molecule has 1 aromatic rings. The standard InChI is InChI=1S/C14H20FNO2S/c1-3-7-16-9-11-8-12(15)5-6-13(11)19-10-14(17)18-4-2/h5-6,8,16H,3-4,7,9-10H2,1-2H3. The van der Waals surface area contributed by atoms with Gasteiger partial charge in [-0.2, -0.15) is 0 Å². The van der Waals surface area contributed by atoms with Crippen LogP contribution in [0.2, 0.25) is 0 Å². The fraction of sp³-hybridized carbons (Fsp3) is 0.500. The van der Waals surface area contributed by atoms with Gasteiger partial charge >= 0.3 is 5.97 Å². The van der Waals surface area contributed by atoms with E-state index in [9.17, 15) is 9.18 Å². The average molecular weight is 285 g/mol. The van der Waals surface area contributed by atoms with Crippen LogP contribution in [-0.4, -0.2) is 24.9 Å². The number of esters is 1. The average Bonchev–Trinajstić information content (AvgIpc) is 2.38. The fourth-order valence-electron chi connectivity index (χ4n) is 1.57. The van der Waals surface area contributed by atoms with Crippen LogP contribution in [0.25, 0.3) is 0 Å². The lowest BCUT2D eigenvalue weighted by atomic mass is 10.2. The number of hydrogen-bond acceptors (Lipinski definition) is 4. The zero-order valence-corrected chi connectivity index (χ0v) is 12.2. The molecular formula is C14H20FNO2S. The van der Waals surface area contributed by atoms with Crippen LogP contribution < -0.4 is 5.32 Å². The van der Waals surface area contributed by atoms with Gasteiger partial charge in [0.1, 0.15) is 5.82 Å². The molecule has 5 heteroatoms. The minimum atomic E-state index is -0.256. The largest absolute Gasteiger partial charge is 0.465 e. The van der Waals surface area contributed by atoms with Crippen molar-refractivity contribution >= 4 is 17.7 Å². The molecule has 0 aromatic heterocycles. The quantitative estimate of drug-likeness (QED) is 0.453. The van der Waals surface area contributed by atoms with Crippen molar-refractivity contribution in [2.24, 2.45) is 0 Å². The van der Waals surface area contributed by atoms with Crippen LogP contribution in [0, 0.1) is 5.82 Å². The number of halogens is 1. The van der Waals surface area contributed by atoms with E-state index < -0.39 is 0 Å². The first kappa shape index (κ1) is 16.0. The molecule has 19 heavy (non-hydrogen) atoms. The molecule has 1 rings (SSSR count). The van der Waals surface area contributed by atoms with E-state index in [1.807, 2.05) is 0 Å². The first-order valence-corrected chi connectivity index (χ1v) is 7.43. The molecule has 0 aliphatic rings. The summed E-state index contributed by atoms with van der Waals surface area (Å²) in [4.78, 5) is 12.2. The number of nitrogens with one attached hydrogen (secondary N) is 1. The molecule has 0 bridgehead atoms. The summed E-state index contributed by atoms with van der Waals surface area (Å²) in [7, 11) is 0. The van der Waals surface area contributed by atoms with Crippen molar-refractivity contribution in [3.63, 3.8) is 0 Å². The summed E-state index contributed by atoms with van der Waals surface area (Å²) < 4.78 is 18.1. The third-order valence-electron chi connectivity index (χ3n) is 2.42. The Labute approximate surface area is 117 Å². The molecule has 0 atom stereocenters. The second-order valence-corrected chi connectivity index (χ2v) is 5.04. The van der Waals surface area contributed by atoms with Crippen LogP contribution in [0.1, 0.15) is 25.8 Å². The third-order valence-corrected chi connectivity index (χ3v) is 3.50. The van der Waals surface area contributed by atoms with E-state index in [2.05, 4.69) is 12.2 Å². The van der Waals surface area contributed by atoms with Gasteiger partial charge in [-0.25, -0.2) is 4.39 Å². The van der Waals surface area contributed by atoms with Gasteiger partial charge < -0.3 is 10.1 Å². The van der Waals surface area contributed by atoms with Gasteiger partial charge in [0, 0.05) is 11.4 Å². The van der Waals surface area contributed by atoms with Crippen LogP contribution in [0.15, 0.2) is 23.1 Å². The van der Waals surface area contributed by atoms with Crippen molar-refractivity contribution in [2.75, 3.05) is 18.9 Å². The van der Waals surface area contributed by atoms with Crippen molar-refractivity contribution < 1.29 is 13.9 Å². The Morgan fingerprint density at radius 1 is 1.42 bits per heavy atom. The number of rotatable bonds is 8. The monoisotopic (exact) mass is 285 g/mol. The topological polar surface area (TPSA) is 38.3 Å². The Bertz CT molecular complexity index is 412. The minimum absolute atomic E-state index is 0.246. The first-order chi connectivity index (χ1) is 9.17. The summed E-state index contributed by atoms with van der Waals surface area (Å²) in [5.74, 6) is -0.252. The van der Waals surface area contributed by atoms with Gasteiger partial charge in [0.25, 0.3) is 0 Å². The zero-order chi connectivity index (χ0) is 14.1. The van der Waals surface area contributed by atoms with E-state index in [-0.39, 0.29) is 17.5 Å². The van der Waals surface area contributed by atoms with E-state index in [4.69, 9.17) is 4.74 Å². The molecule has 1 aromatic carbocycles. The molecule has 106 valence electrons. The number of carbonyl (C=O) groups is 1. The van der Waals surface area contributed by atoms with E-state index in [0.29, 0.717) is 13.2 Å². The predicted molar refractivity (Wildman–Crippen MR) is 75.8 cm³/mol. The van der Waals surface area contributed by atoms with Crippen molar-refractivity contribution in [1.29, 1.82) is 0 Å². The van der Waals surface area contributed by atoms with Gasteiger partial charge in [-0.3, -0.25) is 4.79 Å². The Kier molecular flexibility index (Phi) is 7.52. The molecule has 0 aliphatic heterocycles. The summed E-state index contributed by atoms with van der Waals surface area (Å²) in [6, 6.07) is 4.63. The Balaban J connectivity index is 2.62. The molecule has 0 unspecified atom stereocenters. The minimum Gasteiger partial charge on any atom is -0.465 e. The lowest BCUT2D eigenvalue weighted by molar-refractivity contribution is -0.139. The lowest BCUT2D eigenvalue weighted by Crippen LogP contribution is -2.15. The highest BCUT2D eigenvalue weighted by atomic mass is 32.2. The smallest absolute Gasteiger partial charge is 0.316 e. The normalized spacial score (nSPS) is 10.5. The van der Waals surface area contributed by atoms with Crippen LogP contribution in [-0.2, 0) is 16.1 Å². The van der Waals surface area contributed by atoms with Crippen LogP contribution >= 0.6 is 11.8 Å². The Morgan fingerprint density at radius 3 is 2.89 bits per heavy atom. The maximum absolute atomic E-state index is 13.2. The summed E-state index contributed by atoms with van der Waals surface area (Å²) in [6.07, 6.45) is 1.03. The van der Waals surface area contributed by atoms with Crippen molar-refractivity contribution in [3.05, 3.63) is 29.6 Å². The lowest BCUT2D eigenvalue weighted by Gasteiger charge is -2.10. The Hall–Kier alpha value is -1.07. The van der Waals surface area contributed by atoms with Gasteiger partial charge in [0.05, 0.1) is 12.4 Å². The highest BCUT2D eigenvalue weighted by Gasteiger charge is 2.08. The zero-order valence-electron chi connectivity index (χ0n) is 11.4. The second-order valence-electron chi connectivity index (χ2n) is 4.02. The van der Waals surface area contributed by atoms with E-state index in [0.717, 1.165) is 23.4 Å². The van der Waals surface area contributed by atoms with Gasteiger partial charge in [0.15, 0.2) is 0 Å². The molecule has 0 radical (unpaired) electrons. The maximum atomic E-state index is 13.2. The number of carbonyl (C=O) groups excluding carboxylic acids is 1. The van der Waals surface area contributed by atoms with Crippen molar-refractivity contribution in [2.45, 2.75) is 31.7 Å². The fourth-order valence-corrected chi connectivity index (χ4v) is 2.40. The van der Waals surface area contributed by atoms with Gasteiger partial charge in [0.2, 0.25) is 0 Å². The molecule has 1 N–H and O–H groups in total. The molecule has 0 saturated heterocycles. The molecule has 0 amide bonds. The van der Waals surface area contributed by atoms with Gasteiger partial charge in [-0.05, 0) is 43.7 Å². The van der Waals surface area contributed by atoms with Gasteiger partial charge in [-0.15, -0.1) is 11.8 Å². The first-order valence-electron chi connectivity index (χ1n) is 6.45. The van der Waals surface area contributed by atoms with Crippen LogP contribution in [0.4, 0.5) is 4.39 Å². The number of ether oxygens (including phenoxy) is 1. The molecule has 0 fully saturated rings. The predicted octanol–water partition coefficient (Wildman–Crippen LogP) is 2.98. The number of thioether (sulfide) groups is 1. The SMILES string of the molecule is CCCNCc1cc(F)ccc1SCC(=O)OCC. The molecule has 0 heterocycles. The van der Waals surface area contributed by atoms with E-state index >= 15 is 0 Å². The van der Waals surface area contributed by atoms with E-state index in [1.165, 1.54) is 23.9 Å². The number of hydrogen-bond donors (Lipinski definition) is 1. The Morgan fingerprint density at radius 2 is 2.21 bits per heavy atom. The summed E-state index contributed by atoms with van der Waals surface area (Å²) >= 11 is 1.38. The molecule has 0 spiro atoms. The summed E-state index contributed by atoms with van der Waals surface area (Å²) in [5.41, 5.74) is 0.878. The maximum Gasteiger partial charge on any atom is 0.316 e. The highest BCUT2D eigenvalue weighted by molar-refractivity contribution is 8.00. The van der Waals surface area contributed by atoms with Crippen molar-refractivity contribution in [3.8, 4) is 0 Å². The number of benzene rings is 1. The molecule has 3 nitrogen and oxygen atoms in total.